The van der Waals surface area contributed by atoms with E-state index in [-0.39, 0.29) is 11.2 Å². The lowest BCUT2D eigenvalue weighted by Gasteiger charge is -2.27. The van der Waals surface area contributed by atoms with E-state index < -0.39 is 0 Å². The molecular weight excluding hydrogens is 366 g/mol. The predicted octanol–water partition coefficient (Wildman–Crippen LogP) is 3.40. The minimum atomic E-state index is -0.0306. The zero-order valence-corrected chi connectivity index (χ0v) is 15.7. The van der Waals surface area contributed by atoms with Crippen LogP contribution < -0.4 is 4.74 Å². The Morgan fingerprint density at radius 1 is 1.15 bits per heavy atom. The first-order chi connectivity index (χ1) is 13.2. The van der Waals surface area contributed by atoms with Crippen molar-refractivity contribution in [3.63, 3.8) is 0 Å². The number of hydrogen-bond donors (Lipinski definition) is 0. The van der Waals surface area contributed by atoms with E-state index in [4.69, 9.17) is 21.1 Å². The summed E-state index contributed by atoms with van der Waals surface area (Å²) in [5.41, 5.74) is 2.17. The van der Waals surface area contributed by atoms with Gasteiger partial charge in [-0.25, -0.2) is 9.97 Å². The van der Waals surface area contributed by atoms with Gasteiger partial charge in [-0.3, -0.25) is 4.79 Å². The normalized spacial score (nSPS) is 13.6. The summed E-state index contributed by atoms with van der Waals surface area (Å²) >= 11 is 5.96. The molecule has 27 heavy (non-hydrogen) atoms. The monoisotopic (exact) mass is 385 g/mol. The molecule has 2 aromatic rings. The molecule has 6 nitrogen and oxygen atoms in total. The fourth-order valence-electron chi connectivity index (χ4n) is 2.75. The van der Waals surface area contributed by atoms with Gasteiger partial charge in [-0.2, -0.15) is 0 Å². The Labute approximate surface area is 163 Å². The van der Waals surface area contributed by atoms with E-state index in [1.807, 2.05) is 24.3 Å². The number of rotatable bonds is 3. The number of amides is 1. The fourth-order valence-corrected chi connectivity index (χ4v) is 2.85. The van der Waals surface area contributed by atoms with Gasteiger partial charge in [0.2, 0.25) is 5.28 Å². The van der Waals surface area contributed by atoms with E-state index in [0.29, 0.717) is 37.6 Å². The molecule has 3 rings (SSSR count). The summed E-state index contributed by atoms with van der Waals surface area (Å²) in [7, 11) is 1.58. The third-order valence-corrected chi connectivity index (χ3v) is 4.33. The minimum absolute atomic E-state index is 0.0306. The van der Waals surface area contributed by atoms with Crippen molar-refractivity contribution in [3.05, 3.63) is 65.7 Å². The molecule has 140 valence electrons. The second-order valence-corrected chi connectivity index (χ2v) is 6.16. The van der Waals surface area contributed by atoms with Crippen LogP contribution in [0.25, 0.3) is 11.1 Å². The molecule has 0 atom stereocenters. The van der Waals surface area contributed by atoms with Gasteiger partial charge in [0.15, 0.2) is 0 Å². The third kappa shape index (κ3) is 4.93. The molecule has 2 heterocycles. The second kappa shape index (κ2) is 9.30. The molecular formula is C20H20ClN3O3. The lowest BCUT2D eigenvalue weighted by atomic mass is 10.0. The Kier molecular flexibility index (Phi) is 6.57. The van der Waals surface area contributed by atoms with Gasteiger partial charge in [-0.1, -0.05) is 18.2 Å². The van der Waals surface area contributed by atoms with Crippen molar-refractivity contribution in [2.24, 2.45) is 0 Å². The first-order valence-corrected chi connectivity index (χ1v) is 8.93. The number of aromatic nitrogens is 2. The highest BCUT2D eigenvalue weighted by molar-refractivity contribution is 6.28. The largest absolute Gasteiger partial charge is 0.496 e. The topological polar surface area (TPSA) is 64.5 Å². The lowest BCUT2D eigenvalue weighted by Crippen LogP contribution is -2.40. The summed E-state index contributed by atoms with van der Waals surface area (Å²) < 4.78 is 10.8. The summed E-state index contributed by atoms with van der Waals surface area (Å²) in [6, 6.07) is 12.8. The van der Waals surface area contributed by atoms with Gasteiger partial charge in [0.25, 0.3) is 5.91 Å². The van der Waals surface area contributed by atoms with E-state index in [1.165, 1.54) is 0 Å². The summed E-state index contributed by atoms with van der Waals surface area (Å²) in [5.74, 6) is 0.554. The van der Waals surface area contributed by atoms with Crippen molar-refractivity contribution in [2.75, 3.05) is 33.4 Å². The van der Waals surface area contributed by atoms with Crippen molar-refractivity contribution in [1.82, 2.24) is 14.9 Å². The first kappa shape index (κ1) is 19.1. The molecule has 0 unspecified atom stereocenters. The van der Waals surface area contributed by atoms with Crippen LogP contribution in [0.5, 0.6) is 5.75 Å². The number of hydrogen-bond acceptors (Lipinski definition) is 5. The number of methoxy groups -OCH3 is 1. The van der Waals surface area contributed by atoms with Crippen molar-refractivity contribution in [2.45, 2.75) is 0 Å². The zero-order valence-electron chi connectivity index (χ0n) is 15.0. The number of carbonyl (C=O) groups excluding carboxylic acids is 1. The van der Waals surface area contributed by atoms with Crippen LogP contribution in [0.3, 0.4) is 0 Å². The van der Waals surface area contributed by atoms with E-state index >= 15 is 0 Å². The quantitative estimate of drug-likeness (QED) is 0.810. The average Bonchev–Trinajstić information content (AvgIpc) is 2.72. The van der Waals surface area contributed by atoms with Crippen LogP contribution in [0.15, 0.2) is 54.9 Å². The highest BCUT2D eigenvalue weighted by Crippen LogP contribution is 2.30. The molecule has 0 saturated carbocycles. The molecule has 7 heteroatoms. The van der Waals surface area contributed by atoms with E-state index in [9.17, 15) is 4.79 Å². The van der Waals surface area contributed by atoms with Gasteiger partial charge in [0, 0.05) is 42.2 Å². The molecule has 1 fully saturated rings. The van der Waals surface area contributed by atoms with Crippen molar-refractivity contribution < 1.29 is 14.3 Å². The van der Waals surface area contributed by atoms with E-state index in [2.05, 4.69) is 9.97 Å². The van der Waals surface area contributed by atoms with Crippen LogP contribution in [0.1, 0.15) is 10.4 Å². The molecule has 1 aliphatic rings. The van der Waals surface area contributed by atoms with Gasteiger partial charge < -0.3 is 14.4 Å². The van der Waals surface area contributed by atoms with Crippen LogP contribution in [0, 0.1) is 0 Å². The molecule has 0 N–H and O–H groups in total. The van der Waals surface area contributed by atoms with Crippen LogP contribution in [0.2, 0.25) is 5.28 Å². The van der Waals surface area contributed by atoms with Crippen LogP contribution >= 0.6 is 11.6 Å². The Morgan fingerprint density at radius 3 is 2.74 bits per heavy atom. The summed E-state index contributed by atoms with van der Waals surface area (Å²) in [4.78, 5) is 22.6. The van der Waals surface area contributed by atoms with Crippen molar-refractivity contribution in [1.29, 1.82) is 0 Å². The number of nitrogens with zero attached hydrogens (tertiary/aromatic N) is 3. The van der Waals surface area contributed by atoms with Gasteiger partial charge in [-0.05, 0) is 35.9 Å². The minimum Gasteiger partial charge on any atom is -0.496 e. The number of carbonyl (C=O) groups is 1. The van der Waals surface area contributed by atoms with Gasteiger partial charge >= 0.3 is 0 Å². The average molecular weight is 386 g/mol. The van der Waals surface area contributed by atoms with Gasteiger partial charge in [-0.15, -0.1) is 0 Å². The third-order valence-electron chi connectivity index (χ3n) is 4.13. The number of morpholine rings is 1. The highest BCUT2D eigenvalue weighted by Gasteiger charge is 2.20. The summed E-state index contributed by atoms with van der Waals surface area (Å²) in [6.45, 7) is 2.31. The molecule has 0 aliphatic carbocycles. The van der Waals surface area contributed by atoms with Gasteiger partial charge in [0.1, 0.15) is 5.75 Å². The molecule has 1 aromatic heterocycles. The van der Waals surface area contributed by atoms with Crippen LogP contribution in [-0.2, 0) is 4.74 Å². The smallest absolute Gasteiger partial charge is 0.254 e. The first-order valence-electron chi connectivity index (χ1n) is 8.55. The van der Waals surface area contributed by atoms with E-state index in [0.717, 1.165) is 11.1 Å². The molecule has 0 spiro atoms. The zero-order chi connectivity index (χ0) is 19.1. The number of benzene rings is 1. The predicted molar refractivity (Wildman–Crippen MR) is 103 cm³/mol. The molecule has 1 amide bonds. The molecule has 0 radical (unpaired) electrons. The summed E-state index contributed by atoms with van der Waals surface area (Å²) in [6.07, 6.45) is 3.19. The maximum Gasteiger partial charge on any atom is 0.254 e. The Balaban J connectivity index is 1.98. The molecule has 1 aliphatic heterocycles. The second-order valence-electron chi connectivity index (χ2n) is 5.82. The SMILES string of the molecule is COc1cc(C(=O)N2CCOCC2)ccc1-c1cccccnc(Cl)nc1. The Bertz CT molecular complexity index is 869. The van der Waals surface area contributed by atoms with Crippen molar-refractivity contribution >= 4 is 17.5 Å². The Hall–Kier alpha value is -2.70. The van der Waals surface area contributed by atoms with E-state index in [1.54, 1.807) is 42.6 Å². The fraction of sp³-hybridized carbons (Fsp3) is 0.250. The van der Waals surface area contributed by atoms with Crippen LogP contribution in [0.4, 0.5) is 0 Å². The highest BCUT2D eigenvalue weighted by atomic mass is 35.5. The van der Waals surface area contributed by atoms with Crippen LogP contribution in [-0.4, -0.2) is 54.2 Å². The number of halogens is 1. The molecule has 0 bridgehead atoms. The maximum atomic E-state index is 12.7. The molecule has 1 aromatic carbocycles. The van der Waals surface area contributed by atoms with Crippen molar-refractivity contribution in [3.8, 4) is 16.9 Å². The number of ether oxygens (including phenoxy) is 2. The maximum absolute atomic E-state index is 12.7. The molecule has 1 saturated heterocycles. The van der Waals surface area contributed by atoms with Gasteiger partial charge in [0.05, 0.1) is 20.3 Å². The lowest BCUT2D eigenvalue weighted by molar-refractivity contribution is 0.0302. The standard InChI is InChI=1S/C20H20ClN3O3/c1-26-18-13-15(19(25)24-9-11-27-12-10-24)6-7-17(18)16-5-3-2-4-8-22-20(21)23-14-16/h2-8,13-14H,9-12H2,1H3. The summed E-state index contributed by atoms with van der Waals surface area (Å²) in [5, 5.41) is 0.130. The Morgan fingerprint density at radius 2 is 1.96 bits per heavy atom.